The van der Waals surface area contributed by atoms with Gasteiger partial charge >= 0.3 is 0 Å². The number of carbonyl (C=O) groups is 1. The summed E-state index contributed by atoms with van der Waals surface area (Å²) in [5.41, 5.74) is 11.1. The molecule has 2 unspecified atom stereocenters. The van der Waals surface area contributed by atoms with Crippen molar-refractivity contribution in [2.24, 2.45) is 0 Å². The van der Waals surface area contributed by atoms with Gasteiger partial charge in [-0.3, -0.25) is 4.79 Å². The van der Waals surface area contributed by atoms with Gasteiger partial charge < -0.3 is 9.80 Å². The van der Waals surface area contributed by atoms with Crippen LogP contribution in [0.25, 0.3) is 11.0 Å². The second-order valence-electron chi connectivity index (χ2n) is 12.5. The Bertz CT molecular complexity index is 1790. The highest BCUT2D eigenvalue weighted by Gasteiger charge is 2.55. The molecule has 4 aromatic carbocycles. The van der Waals surface area contributed by atoms with Crippen molar-refractivity contribution in [2.45, 2.75) is 65.3 Å². The highest BCUT2D eigenvalue weighted by Crippen LogP contribution is 2.52. The van der Waals surface area contributed by atoms with E-state index in [0.29, 0.717) is 6.54 Å². The molecule has 1 saturated heterocycles. The normalized spacial score (nSPS) is 19.4. The lowest BCUT2D eigenvalue weighted by Crippen LogP contribution is -2.51. The zero-order chi connectivity index (χ0) is 29.0. The number of nitrogens with zero attached hydrogens (tertiary/aromatic N) is 4. The number of hydrogen-bond acceptors (Lipinski definition) is 2. The van der Waals surface area contributed by atoms with Crippen LogP contribution in [0.1, 0.15) is 46.7 Å². The average Bonchev–Trinajstić information content (AvgIpc) is 3.58. The number of benzene rings is 4. The van der Waals surface area contributed by atoms with Gasteiger partial charge in [0.1, 0.15) is 12.7 Å². The molecule has 1 aromatic heterocycles. The average molecular weight is 556 g/mol. The second kappa shape index (κ2) is 10.2. The fourth-order valence-electron chi connectivity index (χ4n) is 7.20. The van der Waals surface area contributed by atoms with Crippen LogP contribution in [0, 0.1) is 20.8 Å². The minimum atomic E-state index is -0.0984. The van der Waals surface area contributed by atoms with Crippen molar-refractivity contribution in [3.63, 3.8) is 0 Å². The van der Waals surface area contributed by atoms with Gasteiger partial charge in [-0.1, -0.05) is 85.3 Å². The summed E-state index contributed by atoms with van der Waals surface area (Å²) in [5, 5.41) is 0. The second-order valence-corrected chi connectivity index (χ2v) is 12.5. The summed E-state index contributed by atoms with van der Waals surface area (Å²) >= 11 is 0. The highest BCUT2D eigenvalue weighted by atomic mass is 16.2. The van der Waals surface area contributed by atoms with Crippen LogP contribution < -0.4 is 9.47 Å². The van der Waals surface area contributed by atoms with Gasteiger partial charge in [0.25, 0.3) is 5.91 Å². The van der Waals surface area contributed by atoms with E-state index in [1.807, 2.05) is 0 Å². The largest absolute Gasteiger partial charge is 0.346 e. The van der Waals surface area contributed by atoms with E-state index >= 15 is 0 Å². The van der Waals surface area contributed by atoms with Crippen LogP contribution in [0.15, 0.2) is 97.3 Å². The summed E-state index contributed by atoms with van der Waals surface area (Å²) in [5.74, 6) is 0.173. The van der Waals surface area contributed by atoms with Crippen LogP contribution in [-0.4, -0.2) is 28.1 Å². The standard InChI is InChI=1S/C37H39N4O/c1-26-14-16-30(17-15-26)22-38-25-39(34-21-28(3)27(2)20-33(34)38)24-35(42)40-19-18-37(4)31-12-8-9-13-32(31)41(36(37)40)23-29-10-6-5-7-11-29/h5-17,20-21,25,36H,18-19,22-24H2,1-4H3/q+1. The van der Waals surface area contributed by atoms with Gasteiger partial charge in [0.15, 0.2) is 17.6 Å². The minimum Gasteiger partial charge on any atom is -0.346 e. The van der Waals surface area contributed by atoms with E-state index in [9.17, 15) is 4.79 Å². The third-order valence-corrected chi connectivity index (χ3v) is 9.64. The Morgan fingerprint density at radius 3 is 2.38 bits per heavy atom. The number of carbonyl (C=O) groups excluding carboxylic acids is 1. The number of aryl methyl sites for hydroxylation is 3. The number of anilines is 1. The first-order chi connectivity index (χ1) is 20.3. The number of hydrogen-bond donors (Lipinski definition) is 0. The van der Waals surface area contributed by atoms with E-state index in [0.717, 1.165) is 37.1 Å². The molecule has 2 aliphatic heterocycles. The summed E-state index contributed by atoms with van der Waals surface area (Å²) in [6, 6.07) is 32.6. The van der Waals surface area contributed by atoms with Crippen molar-refractivity contribution < 1.29 is 9.36 Å². The third-order valence-electron chi connectivity index (χ3n) is 9.64. The quantitative estimate of drug-likeness (QED) is 0.226. The van der Waals surface area contributed by atoms with E-state index in [-0.39, 0.29) is 17.5 Å². The number of fused-ring (bicyclic) bond motifs is 4. The number of imidazole rings is 1. The predicted molar refractivity (Wildman–Crippen MR) is 168 cm³/mol. The minimum absolute atomic E-state index is 0.00639. The molecule has 1 amide bonds. The molecule has 0 radical (unpaired) electrons. The van der Waals surface area contributed by atoms with Crippen molar-refractivity contribution in [2.75, 3.05) is 11.4 Å². The smallest absolute Gasteiger partial charge is 0.266 e. The number of rotatable bonds is 6. The Balaban J connectivity index is 1.23. The van der Waals surface area contributed by atoms with Crippen molar-refractivity contribution >= 4 is 22.6 Å². The molecule has 1 fully saturated rings. The first-order valence-electron chi connectivity index (χ1n) is 15.1. The molecule has 5 heteroatoms. The molecule has 0 spiro atoms. The molecular formula is C37H39N4O+. The lowest BCUT2D eigenvalue weighted by atomic mass is 9.81. The van der Waals surface area contributed by atoms with Crippen LogP contribution in [0.4, 0.5) is 5.69 Å². The highest BCUT2D eigenvalue weighted by molar-refractivity contribution is 5.82. The zero-order valence-corrected chi connectivity index (χ0v) is 25.0. The maximum Gasteiger partial charge on any atom is 0.266 e. The maximum atomic E-state index is 14.3. The summed E-state index contributed by atoms with van der Waals surface area (Å²) in [6.07, 6.45) is 3.10. The van der Waals surface area contributed by atoms with Crippen molar-refractivity contribution in [3.8, 4) is 0 Å². The number of likely N-dealkylation sites (tertiary alicyclic amines) is 1. The first kappa shape index (κ1) is 26.5. The molecule has 5 nitrogen and oxygen atoms in total. The van der Waals surface area contributed by atoms with E-state index in [2.05, 4.69) is 144 Å². The molecule has 42 heavy (non-hydrogen) atoms. The fourth-order valence-corrected chi connectivity index (χ4v) is 7.20. The molecule has 5 aromatic rings. The van der Waals surface area contributed by atoms with E-state index < -0.39 is 0 Å². The molecule has 7 rings (SSSR count). The van der Waals surface area contributed by atoms with Crippen molar-refractivity contribution in [3.05, 3.63) is 131 Å². The number of aromatic nitrogens is 2. The summed E-state index contributed by atoms with van der Waals surface area (Å²) in [6.45, 7) is 11.4. The van der Waals surface area contributed by atoms with E-state index in [4.69, 9.17) is 0 Å². The van der Waals surface area contributed by atoms with Gasteiger partial charge in [-0.2, -0.15) is 0 Å². The van der Waals surface area contributed by atoms with Crippen LogP contribution in [0.5, 0.6) is 0 Å². The number of amides is 1. The van der Waals surface area contributed by atoms with E-state index in [1.165, 1.54) is 39.1 Å². The summed E-state index contributed by atoms with van der Waals surface area (Å²) in [7, 11) is 0. The van der Waals surface area contributed by atoms with E-state index in [1.54, 1.807) is 0 Å². The molecule has 3 heterocycles. The molecule has 212 valence electrons. The molecular weight excluding hydrogens is 516 g/mol. The predicted octanol–water partition coefficient (Wildman–Crippen LogP) is 6.44. The Labute approximate surface area is 248 Å². The van der Waals surface area contributed by atoms with Gasteiger partial charge in [-0.25, -0.2) is 9.13 Å². The lowest BCUT2D eigenvalue weighted by molar-refractivity contribution is -0.663. The van der Waals surface area contributed by atoms with Crippen molar-refractivity contribution in [1.82, 2.24) is 9.47 Å². The summed E-state index contributed by atoms with van der Waals surface area (Å²) in [4.78, 5) is 18.9. The monoisotopic (exact) mass is 555 g/mol. The molecule has 0 bridgehead atoms. The molecule has 2 atom stereocenters. The number of para-hydroxylation sites is 1. The van der Waals surface area contributed by atoms with Crippen LogP contribution >= 0.6 is 0 Å². The van der Waals surface area contributed by atoms with Crippen molar-refractivity contribution in [1.29, 1.82) is 0 Å². The van der Waals surface area contributed by atoms with Gasteiger partial charge in [-0.15, -0.1) is 0 Å². The van der Waals surface area contributed by atoms with Gasteiger partial charge in [0.05, 0.1) is 0 Å². The van der Waals surface area contributed by atoms with Gasteiger partial charge in [0.2, 0.25) is 6.33 Å². The molecule has 0 saturated carbocycles. The molecule has 0 N–H and O–H groups in total. The first-order valence-corrected chi connectivity index (χ1v) is 15.1. The van der Waals surface area contributed by atoms with Crippen LogP contribution in [0.3, 0.4) is 0 Å². The summed E-state index contributed by atoms with van der Waals surface area (Å²) < 4.78 is 4.46. The van der Waals surface area contributed by atoms with Crippen LogP contribution in [0.2, 0.25) is 0 Å². The van der Waals surface area contributed by atoms with Crippen LogP contribution in [-0.2, 0) is 29.8 Å². The SMILES string of the molecule is Cc1ccc(C[n+]2cn(CC(=O)N3CCC4(C)c5ccccc5N(Cc5ccccc5)C34)c3cc(C)c(C)cc32)cc1. The topological polar surface area (TPSA) is 32.4 Å². The Morgan fingerprint density at radius 2 is 1.60 bits per heavy atom. The Hall–Kier alpha value is -4.38. The Morgan fingerprint density at radius 1 is 0.881 bits per heavy atom. The lowest BCUT2D eigenvalue weighted by Gasteiger charge is -2.36. The maximum absolute atomic E-state index is 14.3. The zero-order valence-electron chi connectivity index (χ0n) is 25.0. The van der Waals surface area contributed by atoms with Gasteiger partial charge in [0, 0.05) is 24.2 Å². The van der Waals surface area contributed by atoms with Gasteiger partial charge in [-0.05, 0) is 73.2 Å². The fraction of sp³-hybridized carbons (Fsp3) is 0.297. The molecule has 2 aliphatic rings. The molecule has 0 aliphatic carbocycles. The third kappa shape index (κ3) is 4.39. The Kier molecular flexibility index (Phi) is 6.41.